The van der Waals surface area contributed by atoms with Crippen LogP contribution in [0.15, 0.2) is 29.8 Å². The van der Waals surface area contributed by atoms with Gasteiger partial charge in [0.1, 0.15) is 0 Å². The first-order chi connectivity index (χ1) is 16.6. The number of amides is 1. The molecular weight excluding hydrogens is 478 g/mol. The minimum absolute atomic E-state index is 0.110. The van der Waals surface area contributed by atoms with E-state index in [0.29, 0.717) is 18.4 Å². The predicted molar refractivity (Wildman–Crippen MR) is 144 cm³/mol. The summed E-state index contributed by atoms with van der Waals surface area (Å²) in [6.07, 6.45) is 8.29. The van der Waals surface area contributed by atoms with Gasteiger partial charge in [0, 0.05) is 23.0 Å². The number of sulfone groups is 1. The Morgan fingerprint density at radius 3 is 2.57 bits per heavy atom. The fourth-order valence-electron chi connectivity index (χ4n) is 5.74. The second kappa shape index (κ2) is 9.37. The fourth-order valence-corrected chi connectivity index (χ4v) is 8.28. The summed E-state index contributed by atoms with van der Waals surface area (Å²) >= 11 is 1.77. The molecule has 1 atom stereocenters. The van der Waals surface area contributed by atoms with Gasteiger partial charge >= 0.3 is 0 Å². The van der Waals surface area contributed by atoms with E-state index >= 15 is 0 Å². The Hall–Kier alpha value is -2.16. The van der Waals surface area contributed by atoms with Crippen molar-refractivity contribution in [2.75, 3.05) is 18.8 Å². The van der Waals surface area contributed by atoms with Gasteiger partial charge in [0.05, 0.1) is 21.6 Å². The van der Waals surface area contributed by atoms with Crippen molar-refractivity contribution in [2.45, 2.75) is 69.6 Å². The first kappa shape index (κ1) is 24.5. The van der Waals surface area contributed by atoms with Crippen LogP contribution in [0.1, 0.15) is 79.1 Å². The average Bonchev–Trinajstić information content (AvgIpc) is 3.36. The van der Waals surface area contributed by atoms with Crippen LogP contribution in [0.25, 0.3) is 22.0 Å². The smallest absolute Gasteiger partial charge is 0.250 e. The minimum atomic E-state index is -3.11. The van der Waals surface area contributed by atoms with E-state index in [1.54, 1.807) is 11.3 Å². The Balaban J connectivity index is 1.49. The van der Waals surface area contributed by atoms with Crippen LogP contribution in [0.2, 0.25) is 0 Å². The topological polar surface area (TPSA) is 96.3 Å². The number of aromatic nitrogens is 1. The lowest BCUT2D eigenvalue weighted by Crippen LogP contribution is -2.40. The van der Waals surface area contributed by atoms with Gasteiger partial charge in [-0.1, -0.05) is 12.8 Å². The standard InChI is InChI=1S/C27H35N3O3S2/c1-27(2)14-18(7-10-35(27,32)33)24-15-29-25-22(24)12-19(13-23(25)26(28)31)20-11-21(34-17-20)16-30-8-5-3-4-6-9-30/h11-13,15,17-18,29H,3-10,14,16H2,1-2H3,(H2,28,31). The molecule has 4 heterocycles. The van der Waals surface area contributed by atoms with Crippen LogP contribution in [0.4, 0.5) is 0 Å². The highest BCUT2D eigenvalue weighted by Gasteiger charge is 2.41. The monoisotopic (exact) mass is 513 g/mol. The third-order valence-corrected chi connectivity index (χ3v) is 11.5. The summed E-state index contributed by atoms with van der Waals surface area (Å²) in [6.45, 7) is 6.93. The summed E-state index contributed by atoms with van der Waals surface area (Å²) in [5, 5.41) is 3.14. The third-order valence-electron chi connectivity index (χ3n) is 7.91. The zero-order valence-corrected chi connectivity index (χ0v) is 22.2. The van der Waals surface area contributed by atoms with Crippen LogP contribution >= 0.6 is 11.3 Å². The number of nitrogens with two attached hydrogens (primary N) is 1. The summed E-state index contributed by atoms with van der Waals surface area (Å²) < 4.78 is 24.4. The van der Waals surface area contributed by atoms with Crippen molar-refractivity contribution < 1.29 is 13.2 Å². The van der Waals surface area contributed by atoms with Crippen molar-refractivity contribution in [1.82, 2.24) is 9.88 Å². The van der Waals surface area contributed by atoms with Crippen LogP contribution in [-0.4, -0.2) is 47.8 Å². The molecule has 188 valence electrons. The number of primary amides is 1. The van der Waals surface area contributed by atoms with Gasteiger partial charge in [-0.25, -0.2) is 8.42 Å². The summed E-state index contributed by atoms with van der Waals surface area (Å²) in [4.78, 5) is 19.5. The molecule has 0 spiro atoms. The van der Waals surface area contributed by atoms with E-state index in [4.69, 9.17) is 5.73 Å². The zero-order valence-electron chi connectivity index (χ0n) is 20.6. The molecule has 35 heavy (non-hydrogen) atoms. The van der Waals surface area contributed by atoms with Crippen molar-refractivity contribution in [3.63, 3.8) is 0 Å². The predicted octanol–water partition coefficient (Wildman–Crippen LogP) is 5.44. The normalized spacial score (nSPS) is 22.7. The first-order valence-corrected chi connectivity index (χ1v) is 15.1. The van der Waals surface area contributed by atoms with E-state index in [1.807, 2.05) is 26.1 Å². The molecule has 2 aromatic heterocycles. The average molecular weight is 514 g/mol. The van der Waals surface area contributed by atoms with E-state index < -0.39 is 20.5 Å². The molecule has 1 amide bonds. The molecule has 2 fully saturated rings. The molecule has 8 heteroatoms. The molecule has 2 aliphatic heterocycles. The minimum Gasteiger partial charge on any atom is -0.366 e. The molecule has 0 saturated carbocycles. The number of carbonyl (C=O) groups is 1. The highest BCUT2D eigenvalue weighted by molar-refractivity contribution is 7.92. The van der Waals surface area contributed by atoms with Crippen molar-refractivity contribution in [1.29, 1.82) is 0 Å². The molecule has 0 aliphatic carbocycles. The van der Waals surface area contributed by atoms with Gasteiger partial charge in [0.2, 0.25) is 0 Å². The van der Waals surface area contributed by atoms with Gasteiger partial charge in [0.15, 0.2) is 9.84 Å². The number of fused-ring (bicyclic) bond motifs is 1. The molecule has 1 unspecified atom stereocenters. The summed E-state index contributed by atoms with van der Waals surface area (Å²) in [7, 11) is -3.11. The maximum Gasteiger partial charge on any atom is 0.250 e. The molecule has 3 aromatic rings. The van der Waals surface area contributed by atoms with Crippen molar-refractivity contribution in [3.8, 4) is 11.1 Å². The van der Waals surface area contributed by atoms with E-state index in [2.05, 4.69) is 27.4 Å². The number of aromatic amines is 1. The molecule has 3 N–H and O–H groups in total. The third kappa shape index (κ3) is 4.80. The Morgan fingerprint density at radius 2 is 1.89 bits per heavy atom. The maximum absolute atomic E-state index is 12.6. The number of thiophene rings is 1. The number of carbonyl (C=O) groups excluding carboxylic acids is 1. The molecule has 2 saturated heterocycles. The number of hydrogen-bond acceptors (Lipinski definition) is 5. The Kier molecular flexibility index (Phi) is 6.57. The number of hydrogen-bond donors (Lipinski definition) is 2. The lowest BCUT2D eigenvalue weighted by atomic mass is 9.86. The highest BCUT2D eigenvalue weighted by atomic mass is 32.2. The lowest BCUT2D eigenvalue weighted by Gasteiger charge is -2.34. The number of likely N-dealkylation sites (tertiary alicyclic amines) is 1. The largest absolute Gasteiger partial charge is 0.366 e. The molecule has 5 rings (SSSR count). The second-order valence-corrected chi connectivity index (χ2v) is 14.6. The van der Waals surface area contributed by atoms with Gasteiger partial charge in [-0.05, 0) is 98.8 Å². The van der Waals surface area contributed by atoms with Crippen LogP contribution in [0.3, 0.4) is 0 Å². The highest BCUT2D eigenvalue weighted by Crippen LogP contribution is 2.43. The van der Waals surface area contributed by atoms with Crippen LogP contribution in [-0.2, 0) is 16.4 Å². The second-order valence-electron chi connectivity index (χ2n) is 10.8. The van der Waals surface area contributed by atoms with Gasteiger partial charge in [-0.15, -0.1) is 11.3 Å². The van der Waals surface area contributed by atoms with Gasteiger partial charge in [0.25, 0.3) is 5.91 Å². The Morgan fingerprint density at radius 1 is 1.14 bits per heavy atom. The van der Waals surface area contributed by atoms with E-state index in [-0.39, 0.29) is 11.7 Å². The lowest BCUT2D eigenvalue weighted by molar-refractivity contribution is 0.100. The van der Waals surface area contributed by atoms with E-state index in [1.165, 1.54) is 30.6 Å². The molecule has 2 aliphatic rings. The quantitative estimate of drug-likeness (QED) is 0.475. The zero-order chi connectivity index (χ0) is 24.8. The molecule has 1 aromatic carbocycles. The van der Waals surface area contributed by atoms with Gasteiger partial charge in [-0.2, -0.15) is 0 Å². The fraction of sp³-hybridized carbons (Fsp3) is 0.519. The molecule has 0 bridgehead atoms. The SMILES string of the molecule is CC1(C)CC(c2c[nH]c3c(C(N)=O)cc(-c4csc(CN5CCCCCC5)c4)cc23)CCS1(=O)=O. The molecule has 0 radical (unpaired) electrons. The summed E-state index contributed by atoms with van der Waals surface area (Å²) in [5.74, 6) is -0.166. The van der Waals surface area contributed by atoms with Gasteiger partial charge in [-0.3, -0.25) is 9.69 Å². The number of nitrogens with zero attached hydrogens (tertiary/aromatic N) is 1. The first-order valence-electron chi connectivity index (χ1n) is 12.6. The number of nitrogens with one attached hydrogen (secondary N) is 1. The van der Waals surface area contributed by atoms with Crippen LogP contribution < -0.4 is 5.73 Å². The maximum atomic E-state index is 12.6. The number of H-pyrrole nitrogens is 1. The van der Waals surface area contributed by atoms with Crippen molar-refractivity contribution in [3.05, 3.63) is 45.8 Å². The molecular formula is C27H35N3O3S2. The summed E-state index contributed by atoms with van der Waals surface area (Å²) in [6, 6.07) is 6.27. The van der Waals surface area contributed by atoms with Crippen molar-refractivity contribution >= 4 is 38.0 Å². The van der Waals surface area contributed by atoms with Crippen LogP contribution in [0.5, 0.6) is 0 Å². The number of rotatable bonds is 5. The van der Waals surface area contributed by atoms with E-state index in [9.17, 15) is 13.2 Å². The van der Waals surface area contributed by atoms with Crippen molar-refractivity contribution in [2.24, 2.45) is 5.73 Å². The van der Waals surface area contributed by atoms with Gasteiger partial charge < -0.3 is 10.7 Å². The summed E-state index contributed by atoms with van der Waals surface area (Å²) in [5.41, 5.74) is 10.2. The Bertz CT molecular complexity index is 1350. The Labute approximate surface area is 211 Å². The van der Waals surface area contributed by atoms with E-state index in [0.717, 1.165) is 47.2 Å². The molecule has 6 nitrogen and oxygen atoms in total. The van der Waals surface area contributed by atoms with Crippen LogP contribution in [0, 0.1) is 0 Å². The number of benzene rings is 1.